The van der Waals surface area contributed by atoms with Crippen LogP contribution in [0.4, 0.5) is 0 Å². The number of aryl methyl sites for hydroxylation is 1. The topological polar surface area (TPSA) is 77.0 Å². The first kappa shape index (κ1) is 17.2. The number of halogens is 1. The molecule has 0 aliphatic carbocycles. The van der Waals surface area contributed by atoms with E-state index in [-0.39, 0.29) is 0 Å². The summed E-state index contributed by atoms with van der Waals surface area (Å²) in [6, 6.07) is 9.19. The fourth-order valence-corrected chi connectivity index (χ4v) is 4.82. The molecular formula is C20H14ClN3O3S. The molecule has 8 heteroatoms. The van der Waals surface area contributed by atoms with Crippen LogP contribution in [0, 0.1) is 0 Å². The second-order valence-corrected chi connectivity index (χ2v) is 7.96. The predicted molar refractivity (Wildman–Crippen MR) is 110 cm³/mol. The molecular weight excluding hydrogens is 398 g/mol. The van der Waals surface area contributed by atoms with E-state index in [1.165, 1.54) is 17.5 Å². The summed E-state index contributed by atoms with van der Waals surface area (Å²) in [5.41, 5.74) is 1.66. The van der Waals surface area contributed by atoms with Gasteiger partial charge in [-0.3, -0.25) is 9.78 Å². The van der Waals surface area contributed by atoms with Crippen LogP contribution in [0.15, 0.2) is 52.3 Å². The number of nitrogens with zero attached hydrogens (tertiary/aromatic N) is 2. The molecule has 0 amide bonds. The quantitative estimate of drug-likeness (QED) is 0.544. The molecule has 0 saturated heterocycles. The minimum Gasteiger partial charge on any atom is -0.491 e. The normalized spacial score (nSPS) is 13.3. The summed E-state index contributed by atoms with van der Waals surface area (Å²) in [5.74, 6) is 0.552. The Kier molecular flexibility index (Phi) is 4.07. The lowest BCUT2D eigenvalue weighted by Crippen LogP contribution is -2.33. The average Bonchev–Trinajstić information content (AvgIpc) is 3.12. The summed E-state index contributed by atoms with van der Waals surface area (Å²) in [7, 11) is 0. The van der Waals surface area contributed by atoms with Crippen LogP contribution in [0.25, 0.3) is 26.3 Å². The number of hydrogen-bond acceptors (Lipinski definition) is 5. The number of H-pyrrole nitrogens is 1. The molecule has 3 aromatic heterocycles. The molecule has 0 fully saturated rings. The molecule has 0 bridgehead atoms. The highest BCUT2D eigenvalue weighted by atomic mass is 35.5. The van der Waals surface area contributed by atoms with E-state index < -0.39 is 11.2 Å². The van der Waals surface area contributed by atoms with E-state index in [1.807, 2.05) is 18.2 Å². The maximum atomic E-state index is 13.2. The van der Waals surface area contributed by atoms with E-state index in [1.54, 1.807) is 18.3 Å². The first-order valence-corrected chi connectivity index (χ1v) is 9.97. The van der Waals surface area contributed by atoms with Gasteiger partial charge in [-0.2, -0.15) is 0 Å². The molecule has 0 saturated carbocycles. The summed E-state index contributed by atoms with van der Waals surface area (Å²) in [6.07, 6.45) is 4.90. The predicted octanol–water partition coefficient (Wildman–Crippen LogP) is 3.78. The van der Waals surface area contributed by atoms with E-state index in [0.29, 0.717) is 33.3 Å². The van der Waals surface area contributed by atoms with Crippen LogP contribution >= 0.6 is 22.9 Å². The zero-order valence-electron chi connectivity index (χ0n) is 14.6. The van der Waals surface area contributed by atoms with Crippen LogP contribution in [0.2, 0.25) is 5.02 Å². The van der Waals surface area contributed by atoms with Crippen LogP contribution in [0.5, 0.6) is 5.75 Å². The van der Waals surface area contributed by atoms with E-state index in [4.69, 9.17) is 16.3 Å². The molecule has 6 nitrogen and oxygen atoms in total. The standard InChI is InChI=1S/C20H14ClN3O3S/c21-13-6-2-1-5-12(13)16-8-14-18(28-16)19(25)24(20(26)23-14)15-10-22-9-11-4-3-7-27-17(11)15/h1-2,5-6,8-10H,3-4,7H2,(H,23,26). The number of thiophene rings is 1. The van der Waals surface area contributed by atoms with Crippen LogP contribution < -0.4 is 16.0 Å². The highest BCUT2D eigenvalue weighted by Crippen LogP contribution is 2.35. The van der Waals surface area contributed by atoms with Crippen molar-refractivity contribution >= 4 is 33.2 Å². The molecule has 0 atom stereocenters. The Morgan fingerprint density at radius 3 is 2.93 bits per heavy atom. The van der Waals surface area contributed by atoms with Gasteiger partial charge in [0.2, 0.25) is 0 Å². The van der Waals surface area contributed by atoms with Crippen LogP contribution in [0.1, 0.15) is 12.0 Å². The summed E-state index contributed by atoms with van der Waals surface area (Å²) >= 11 is 7.59. The maximum absolute atomic E-state index is 13.2. The fraction of sp³-hybridized carbons (Fsp3) is 0.150. The van der Waals surface area contributed by atoms with Gasteiger partial charge in [0, 0.05) is 27.2 Å². The van der Waals surface area contributed by atoms with Crippen molar-refractivity contribution in [2.24, 2.45) is 0 Å². The van der Waals surface area contributed by atoms with Crippen molar-refractivity contribution < 1.29 is 4.74 Å². The monoisotopic (exact) mass is 411 g/mol. The number of fused-ring (bicyclic) bond motifs is 2. The van der Waals surface area contributed by atoms with E-state index in [9.17, 15) is 9.59 Å². The lowest BCUT2D eigenvalue weighted by Gasteiger charge is -2.19. The SMILES string of the molecule is O=c1[nH]c2cc(-c3ccccc3Cl)sc2c(=O)n1-c1cncc2c1OCCC2. The Labute approximate surface area is 168 Å². The first-order valence-electron chi connectivity index (χ1n) is 8.77. The van der Waals surface area contributed by atoms with Gasteiger partial charge in [0.1, 0.15) is 16.1 Å². The Bertz CT molecular complexity index is 1340. The average molecular weight is 412 g/mol. The Morgan fingerprint density at radius 2 is 2.07 bits per heavy atom. The lowest BCUT2D eigenvalue weighted by atomic mass is 10.1. The zero-order chi connectivity index (χ0) is 19.3. The number of pyridine rings is 1. The maximum Gasteiger partial charge on any atom is 0.333 e. The number of aromatic amines is 1. The molecule has 5 rings (SSSR count). The molecule has 28 heavy (non-hydrogen) atoms. The van der Waals surface area contributed by atoms with Gasteiger partial charge < -0.3 is 9.72 Å². The third-order valence-electron chi connectivity index (χ3n) is 4.74. The number of hydrogen-bond donors (Lipinski definition) is 1. The highest BCUT2D eigenvalue weighted by molar-refractivity contribution is 7.22. The Morgan fingerprint density at radius 1 is 1.21 bits per heavy atom. The minimum atomic E-state index is -0.523. The number of aromatic nitrogens is 3. The smallest absolute Gasteiger partial charge is 0.333 e. The van der Waals surface area contributed by atoms with E-state index in [2.05, 4.69) is 9.97 Å². The number of ether oxygens (including phenoxy) is 1. The van der Waals surface area contributed by atoms with Crippen LogP contribution in [0.3, 0.4) is 0 Å². The fourth-order valence-electron chi connectivity index (χ4n) is 3.44. The molecule has 0 spiro atoms. The van der Waals surface area contributed by atoms with Crippen molar-refractivity contribution in [1.29, 1.82) is 0 Å². The molecule has 1 aliphatic heterocycles. The third-order valence-corrected chi connectivity index (χ3v) is 6.23. The number of benzene rings is 1. The summed E-state index contributed by atoms with van der Waals surface area (Å²) < 4.78 is 7.31. The van der Waals surface area contributed by atoms with Gasteiger partial charge in [-0.25, -0.2) is 9.36 Å². The summed E-state index contributed by atoms with van der Waals surface area (Å²) in [4.78, 5) is 33.8. The molecule has 1 N–H and O–H groups in total. The molecule has 4 heterocycles. The summed E-state index contributed by atoms with van der Waals surface area (Å²) in [6.45, 7) is 0.550. The molecule has 0 unspecified atom stereocenters. The molecule has 140 valence electrons. The molecule has 1 aliphatic rings. The second-order valence-electron chi connectivity index (χ2n) is 6.50. The molecule has 0 radical (unpaired) electrons. The van der Waals surface area contributed by atoms with Crippen LogP contribution in [-0.4, -0.2) is 21.1 Å². The van der Waals surface area contributed by atoms with Gasteiger partial charge in [-0.1, -0.05) is 29.8 Å². The van der Waals surface area contributed by atoms with Gasteiger partial charge >= 0.3 is 5.69 Å². The number of rotatable bonds is 2. The van der Waals surface area contributed by atoms with Crippen molar-refractivity contribution in [3.63, 3.8) is 0 Å². The van der Waals surface area contributed by atoms with Crippen LogP contribution in [-0.2, 0) is 6.42 Å². The van der Waals surface area contributed by atoms with E-state index in [0.717, 1.165) is 33.4 Å². The van der Waals surface area contributed by atoms with Crippen molar-refractivity contribution in [1.82, 2.24) is 14.5 Å². The van der Waals surface area contributed by atoms with E-state index >= 15 is 0 Å². The number of nitrogens with one attached hydrogen (secondary N) is 1. The van der Waals surface area contributed by atoms with Gasteiger partial charge in [-0.15, -0.1) is 11.3 Å². The lowest BCUT2D eigenvalue weighted by molar-refractivity contribution is 0.286. The van der Waals surface area contributed by atoms with Gasteiger partial charge in [-0.05, 0) is 25.0 Å². The first-order chi connectivity index (χ1) is 13.6. The van der Waals surface area contributed by atoms with Gasteiger partial charge in [0.25, 0.3) is 5.56 Å². The molecule has 4 aromatic rings. The largest absolute Gasteiger partial charge is 0.491 e. The second kappa shape index (κ2) is 6.61. The third kappa shape index (κ3) is 2.66. The van der Waals surface area contributed by atoms with Gasteiger partial charge in [0.15, 0.2) is 0 Å². The minimum absolute atomic E-state index is 0.373. The zero-order valence-corrected chi connectivity index (χ0v) is 16.1. The van der Waals surface area contributed by atoms with Crippen molar-refractivity contribution in [2.75, 3.05) is 6.61 Å². The van der Waals surface area contributed by atoms with Crippen molar-refractivity contribution in [2.45, 2.75) is 12.8 Å². The summed E-state index contributed by atoms with van der Waals surface area (Å²) in [5, 5.41) is 0.589. The van der Waals surface area contributed by atoms with Crippen molar-refractivity contribution in [3.05, 3.63) is 74.1 Å². The Hall–Kier alpha value is -2.90. The Balaban J connectivity index is 1.76. The molecule has 1 aromatic carbocycles. The van der Waals surface area contributed by atoms with Gasteiger partial charge in [0.05, 0.1) is 18.3 Å². The van der Waals surface area contributed by atoms with Crippen molar-refractivity contribution in [3.8, 4) is 21.9 Å². The highest BCUT2D eigenvalue weighted by Gasteiger charge is 2.21.